The van der Waals surface area contributed by atoms with E-state index in [0.29, 0.717) is 50.0 Å². The van der Waals surface area contributed by atoms with E-state index < -0.39 is 0 Å². The van der Waals surface area contributed by atoms with Crippen LogP contribution >= 0.6 is 0 Å². The maximum atomic E-state index is 12.5. The molecule has 0 unspecified atom stereocenters. The summed E-state index contributed by atoms with van der Waals surface area (Å²) in [6.07, 6.45) is 3.35. The number of hydrogen-bond acceptors (Lipinski definition) is 6. The molecule has 1 heterocycles. The van der Waals surface area contributed by atoms with Crippen LogP contribution in [0.15, 0.2) is 77.9 Å². The first-order valence-corrected chi connectivity index (χ1v) is 14.2. The van der Waals surface area contributed by atoms with Crippen LogP contribution in [-0.2, 0) is 35.8 Å². The molecule has 1 amide bonds. The predicted molar refractivity (Wildman–Crippen MR) is 156 cm³/mol. The molecule has 216 valence electrons. The summed E-state index contributed by atoms with van der Waals surface area (Å²) < 4.78 is 24.1. The van der Waals surface area contributed by atoms with Crippen molar-refractivity contribution >= 4 is 6.09 Å². The predicted octanol–water partition coefficient (Wildman–Crippen LogP) is 7.57. The average Bonchev–Trinajstić information content (AvgIpc) is 3.48. The van der Waals surface area contributed by atoms with Crippen LogP contribution in [0.25, 0.3) is 10.4 Å². The van der Waals surface area contributed by atoms with Crippen LogP contribution in [0.4, 0.5) is 4.79 Å². The lowest BCUT2D eigenvalue weighted by Gasteiger charge is -2.24. The Morgan fingerprint density at radius 1 is 0.976 bits per heavy atom. The minimum Gasteiger partial charge on any atom is -0.485 e. The number of carbonyl (C=O) groups is 1. The summed E-state index contributed by atoms with van der Waals surface area (Å²) >= 11 is 0. The summed E-state index contributed by atoms with van der Waals surface area (Å²) in [5, 5.41) is 3.85. The molecule has 0 aromatic heterocycles. The highest BCUT2D eigenvalue weighted by molar-refractivity contribution is 5.68. The van der Waals surface area contributed by atoms with Gasteiger partial charge in [-0.25, -0.2) is 4.79 Å². The smallest absolute Gasteiger partial charge is 0.410 e. The Morgan fingerprint density at radius 3 is 2.37 bits per heavy atom. The molecule has 1 saturated heterocycles. The third-order valence-corrected chi connectivity index (χ3v) is 6.98. The van der Waals surface area contributed by atoms with Gasteiger partial charge in [0.2, 0.25) is 0 Å². The van der Waals surface area contributed by atoms with E-state index in [1.165, 1.54) is 0 Å². The summed E-state index contributed by atoms with van der Waals surface area (Å²) in [7, 11) is 0. The topological polar surface area (TPSA) is 106 Å². The molecule has 0 bridgehead atoms. The van der Waals surface area contributed by atoms with Gasteiger partial charge >= 0.3 is 6.09 Å². The number of nitrogens with zero attached hydrogens (tertiary/aromatic N) is 4. The zero-order valence-electron chi connectivity index (χ0n) is 23.6. The molecule has 9 heteroatoms. The SMILES string of the molecule is CCCCOC(=O)N1CCC[C@@H]1COCc1ccc(OCc2ccccc2)c(OCc2ccccc2)c1CN=[N+]=[N-]. The molecule has 41 heavy (non-hydrogen) atoms. The van der Waals surface area contributed by atoms with Gasteiger partial charge < -0.3 is 23.8 Å². The van der Waals surface area contributed by atoms with E-state index in [0.717, 1.165) is 42.4 Å². The summed E-state index contributed by atoms with van der Waals surface area (Å²) in [4.78, 5) is 17.3. The molecule has 1 atom stereocenters. The average molecular weight is 559 g/mol. The minimum absolute atomic E-state index is 0.0352. The second-order valence-electron chi connectivity index (χ2n) is 9.94. The molecular formula is C32H38N4O5. The second kappa shape index (κ2) is 16.2. The number of carbonyl (C=O) groups excluding carboxylic acids is 1. The second-order valence-corrected chi connectivity index (χ2v) is 9.94. The van der Waals surface area contributed by atoms with Gasteiger partial charge in [-0.2, -0.15) is 0 Å². The fourth-order valence-electron chi connectivity index (χ4n) is 4.74. The first-order chi connectivity index (χ1) is 20.2. The molecule has 0 saturated carbocycles. The first kappa shape index (κ1) is 29.8. The van der Waals surface area contributed by atoms with Crippen molar-refractivity contribution in [3.05, 3.63) is 105 Å². The first-order valence-electron chi connectivity index (χ1n) is 14.2. The van der Waals surface area contributed by atoms with Crippen molar-refractivity contribution in [1.29, 1.82) is 0 Å². The molecule has 3 aromatic rings. The van der Waals surface area contributed by atoms with Gasteiger partial charge in [0.25, 0.3) is 0 Å². The number of unbranched alkanes of at least 4 members (excludes halogenated alkanes) is 1. The van der Waals surface area contributed by atoms with Crippen LogP contribution in [0.5, 0.6) is 11.5 Å². The third kappa shape index (κ3) is 8.90. The Morgan fingerprint density at radius 2 is 1.68 bits per heavy atom. The molecule has 0 radical (unpaired) electrons. The molecule has 1 aliphatic heterocycles. The number of ether oxygens (including phenoxy) is 4. The van der Waals surface area contributed by atoms with Crippen LogP contribution in [-0.4, -0.2) is 36.8 Å². The highest BCUT2D eigenvalue weighted by Crippen LogP contribution is 2.36. The third-order valence-electron chi connectivity index (χ3n) is 6.98. The Kier molecular flexibility index (Phi) is 11.7. The van der Waals surface area contributed by atoms with Crippen molar-refractivity contribution in [2.24, 2.45) is 5.11 Å². The Bertz CT molecular complexity index is 1280. The van der Waals surface area contributed by atoms with E-state index in [4.69, 9.17) is 24.5 Å². The van der Waals surface area contributed by atoms with E-state index in [2.05, 4.69) is 16.9 Å². The van der Waals surface area contributed by atoms with Crippen molar-refractivity contribution in [3.8, 4) is 11.5 Å². The van der Waals surface area contributed by atoms with Crippen molar-refractivity contribution < 1.29 is 23.7 Å². The van der Waals surface area contributed by atoms with Crippen LogP contribution in [0.2, 0.25) is 0 Å². The Labute approximate surface area is 241 Å². The summed E-state index contributed by atoms with van der Waals surface area (Å²) in [5.74, 6) is 1.09. The van der Waals surface area contributed by atoms with Gasteiger partial charge in [0.05, 0.1) is 32.4 Å². The molecule has 9 nitrogen and oxygen atoms in total. The zero-order valence-corrected chi connectivity index (χ0v) is 23.6. The van der Waals surface area contributed by atoms with Gasteiger partial charge in [0, 0.05) is 17.0 Å². The standard InChI is InChI=1S/C32H38N4O5/c1-2-3-19-39-32(37)36-18-10-15-28(36)24-38-23-27-16-17-30(40-21-25-11-6-4-7-12-25)31(29(27)20-34-35-33)41-22-26-13-8-5-9-14-26/h4-9,11-14,16-17,28H,2-3,10,15,18-24H2,1H3/t28-/m1/s1. The van der Waals surface area contributed by atoms with Crippen LogP contribution in [0.1, 0.15) is 54.9 Å². The van der Waals surface area contributed by atoms with Crippen molar-refractivity contribution in [2.45, 2.75) is 65.0 Å². The van der Waals surface area contributed by atoms with Crippen molar-refractivity contribution in [2.75, 3.05) is 19.8 Å². The van der Waals surface area contributed by atoms with E-state index in [-0.39, 0.29) is 25.3 Å². The van der Waals surface area contributed by atoms with Crippen LogP contribution in [0.3, 0.4) is 0 Å². The number of benzene rings is 3. The van der Waals surface area contributed by atoms with Gasteiger partial charge in [-0.3, -0.25) is 0 Å². The maximum absolute atomic E-state index is 12.5. The highest BCUT2D eigenvalue weighted by Gasteiger charge is 2.30. The Hall–Kier alpha value is -4.20. The van der Waals surface area contributed by atoms with Gasteiger partial charge in [0.1, 0.15) is 13.2 Å². The summed E-state index contributed by atoms with van der Waals surface area (Å²) in [5.41, 5.74) is 12.7. The van der Waals surface area contributed by atoms with Gasteiger partial charge in [-0.05, 0) is 47.6 Å². The molecule has 0 aliphatic carbocycles. The molecule has 0 spiro atoms. The number of hydrogen-bond donors (Lipinski definition) is 0. The van der Waals surface area contributed by atoms with E-state index in [1.807, 2.05) is 72.8 Å². The van der Waals surface area contributed by atoms with Crippen molar-refractivity contribution in [1.82, 2.24) is 4.90 Å². The number of likely N-dealkylation sites (tertiary alicyclic amines) is 1. The minimum atomic E-state index is -0.273. The van der Waals surface area contributed by atoms with Gasteiger partial charge in [0.15, 0.2) is 11.5 Å². The summed E-state index contributed by atoms with van der Waals surface area (Å²) in [6.45, 7) is 4.61. The molecule has 0 N–H and O–H groups in total. The van der Waals surface area contributed by atoms with E-state index in [9.17, 15) is 4.79 Å². The lowest BCUT2D eigenvalue weighted by Crippen LogP contribution is -2.38. The molecule has 1 fully saturated rings. The molecule has 1 aliphatic rings. The van der Waals surface area contributed by atoms with E-state index in [1.54, 1.807) is 4.90 Å². The largest absolute Gasteiger partial charge is 0.485 e. The summed E-state index contributed by atoms with van der Waals surface area (Å²) in [6, 6.07) is 23.5. The van der Waals surface area contributed by atoms with Crippen LogP contribution < -0.4 is 9.47 Å². The fraction of sp³-hybridized carbons (Fsp3) is 0.406. The Balaban J connectivity index is 1.50. The lowest BCUT2D eigenvalue weighted by atomic mass is 10.1. The number of rotatable bonds is 15. The quantitative estimate of drug-likeness (QED) is 0.0827. The van der Waals surface area contributed by atoms with Gasteiger partial charge in [-0.15, -0.1) is 0 Å². The maximum Gasteiger partial charge on any atom is 0.410 e. The monoisotopic (exact) mass is 558 g/mol. The molecular weight excluding hydrogens is 520 g/mol. The molecule has 4 rings (SSSR count). The van der Waals surface area contributed by atoms with Crippen LogP contribution in [0, 0.1) is 0 Å². The highest BCUT2D eigenvalue weighted by atomic mass is 16.6. The molecule has 3 aromatic carbocycles. The normalized spacial score (nSPS) is 14.4. The number of amides is 1. The zero-order chi connectivity index (χ0) is 28.7. The fourth-order valence-corrected chi connectivity index (χ4v) is 4.74. The lowest BCUT2D eigenvalue weighted by molar-refractivity contribution is 0.0511. The van der Waals surface area contributed by atoms with E-state index >= 15 is 0 Å². The number of azide groups is 1. The van der Waals surface area contributed by atoms with Crippen molar-refractivity contribution in [3.63, 3.8) is 0 Å². The van der Waals surface area contributed by atoms with Gasteiger partial charge in [-0.1, -0.05) is 85.2 Å².